The number of aryl methyl sites for hydroxylation is 1. The molecule has 0 saturated carbocycles. The van der Waals surface area contributed by atoms with E-state index in [1.165, 1.54) is 0 Å². The summed E-state index contributed by atoms with van der Waals surface area (Å²) in [7, 11) is 0. The number of carbonyl (C=O) groups is 2. The third-order valence-electron chi connectivity index (χ3n) is 3.28. The van der Waals surface area contributed by atoms with Crippen LogP contribution in [0, 0.1) is 6.92 Å². The van der Waals surface area contributed by atoms with E-state index in [4.69, 9.17) is 5.73 Å². The highest BCUT2D eigenvalue weighted by atomic mass is 16.2. The zero-order chi connectivity index (χ0) is 14.4. The molecule has 1 rings (SSSR count). The number of nitrogens with zero attached hydrogens (tertiary/aromatic N) is 1. The predicted molar refractivity (Wildman–Crippen MR) is 77.1 cm³/mol. The van der Waals surface area contributed by atoms with Gasteiger partial charge in [0.25, 0.3) is 0 Å². The van der Waals surface area contributed by atoms with Crippen molar-refractivity contribution in [2.45, 2.75) is 33.6 Å². The fraction of sp³-hybridized carbons (Fsp3) is 0.467. The largest absolute Gasteiger partial charge is 0.398 e. The molecule has 0 bridgehead atoms. The Kier molecular flexibility index (Phi) is 5.55. The molecule has 2 N–H and O–H groups in total. The zero-order valence-electron chi connectivity index (χ0n) is 11.9. The first-order valence-electron chi connectivity index (χ1n) is 6.66. The van der Waals surface area contributed by atoms with Crippen LogP contribution in [0.25, 0.3) is 0 Å². The van der Waals surface area contributed by atoms with Gasteiger partial charge >= 0.3 is 0 Å². The molecule has 1 aromatic carbocycles. The van der Waals surface area contributed by atoms with Crippen molar-refractivity contribution in [1.29, 1.82) is 0 Å². The van der Waals surface area contributed by atoms with E-state index in [2.05, 4.69) is 0 Å². The molecule has 0 aromatic heterocycles. The number of hydrogen-bond donors (Lipinski definition) is 1. The third-order valence-corrected chi connectivity index (χ3v) is 3.28. The number of carbonyl (C=O) groups excluding carboxylic acids is 2. The van der Waals surface area contributed by atoms with Crippen molar-refractivity contribution in [3.8, 4) is 0 Å². The average molecular weight is 262 g/mol. The number of ketones is 1. The molecular weight excluding hydrogens is 240 g/mol. The highest BCUT2D eigenvalue weighted by Crippen LogP contribution is 2.15. The molecule has 4 heteroatoms. The van der Waals surface area contributed by atoms with E-state index < -0.39 is 0 Å². The molecule has 0 atom stereocenters. The van der Waals surface area contributed by atoms with E-state index in [0.29, 0.717) is 24.3 Å². The monoisotopic (exact) mass is 262 g/mol. The lowest BCUT2D eigenvalue weighted by Crippen LogP contribution is -2.30. The molecule has 0 saturated heterocycles. The maximum atomic E-state index is 12.0. The standard InChI is InChI=1S/C15H22N2O2/c1-4-17(5-2)15(19)9-8-14(18)12-7-6-11(3)13(16)10-12/h6-7,10H,4-5,8-9,16H2,1-3H3. The van der Waals surface area contributed by atoms with E-state index in [0.717, 1.165) is 5.56 Å². The van der Waals surface area contributed by atoms with Crippen LogP contribution in [0.4, 0.5) is 5.69 Å². The van der Waals surface area contributed by atoms with Gasteiger partial charge < -0.3 is 10.6 Å². The van der Waals surface area contributed by atoms with Crippen molar-refractivity contribution >= 4 is 17.4 Å². The van der Waals surface area contributed by atoms with Crippen molar-refractivity contribution in [3.05, 3.63) is 29.3 Å². The molecule has 1 amide bonds. The van der Waals surface area contributed by atoms with Gasteiger partial charge in [-0.2, -0.15) is 0 Å². The highest BCUT2D eigenvalue weighted by Gasteiger charge is 2.13. The van der Waals surface area contributed by atoms with Gasteiger partial charge in [0, 0.05) is 37.2 Å². The second-order valence-electron chi connectivity index (χ2n) is 4.56. The van der Waals surface area contributed by atoms with Gasteiger partial charge in [-0.05, 0) is 32.4 Å². The van der Waals surface area contributed by atoms with Crippen LogP contribution >= 0.6 is 0 Å². The summed E-state index contributed by atoms with van der Waals surface area (Å²) in [4.78, 5) is 25.5. The minimum Gasteiger partial charge on any atom is -0.398 e. The van der Waals surface area contributed by atoms with Gasteiger partial charge in [0.1, 0.15) is 0 Å². The van der Waals surface area contributed by atoms with Crippen LogP contribution in [0.5, 0.6) is 0 Å². The van der Waals surface area contributed by atoms with Crippen LogP contribution in [0.15, 0.2) is 18.2 Å². The number of anilines is 1. The second-order valence-corrected chi connectivity index (χ2v) is 4.56. The SMILES string of the molecule is CCN(CC)C(=O)CCC(=O)c1ccc(C)c(N)c1. The number of hydrogen-bond acceptors (Lipinski definition) is 3. The Morgan fingerprint density at radius 3 is 2.32 bits per heavy atom. The minimum atomic E-state index is -0.0350. The van der Waals surface area contributed by atoms with Crippen molar-refractivity contribution in [2.75, 3.05) is 18.8 Å². The first-order chi connectivity index (χ1) is 8.99. The van der Waals surface area contributed by atoms with Gasteiger partial charge in [-0.3, -0.25) is 9.59 Å². The van der Waals surface area contributed by atoms with Crippen LogP contribution in [-0.4, -0.2) is 29.7 Å². The quantitative estimate of drug-likeness (QED) is 0.632. The van der Waals surface area contributed by atoms with Crippen molar-refractivity contribution in [3.63, 3.8) is 0 Å². The molecule has 0 aliphatic rings. The van der Waals surface area contributed by atoms with Crippen LogP contribution < -0.4 is 5.73 Å². The summed E-state index contributed by atoms with van der Waals surface area (Å²) in [5.41, 5.74) is 7.92. The first kappa shape index (κ1) is 15.2. The van der Waals surface area contributed by atoms with E-state index in [1.54, 1.807) is 17.0 Å². The summed E-state index contributed by atoms with van der Waals surface area (Å²) < 4.78 is 0. The molecule has 0 aliphatic heterocycles. The fourth-order valence-electron chi connectivity index (χ4n) is 1.91. The predicted octanol–water partition coefficient (Wildman–Crippen LogP) is 2.41. The molecular formula is C15H22N2O2. The topological polar surface area (TPSA) is 63.4 Å². The number of nitrogens with two attached hydrogens (primary N) is 1. The van der Waals surface area contributed by atoms with Gasteiger partial charge in [0.2, 0.25) is 5.91 Å². The Balaban J connectivity index is 2.60. The first-order valence-corrected chi connectivity index (χ1v) is 6.66. The summed E-state index contributed by atoms with van der Waals surface area (Å²) in [6.07, 6.45) is 0.492. The normalized spacial score (nSPS) is 10.3. The Morgan fingerprint density at radius 2 is 1.79 bits per heavy atom. The lowest BCUT2D eigenvalue weighted by atomic mass is 10.0. The minimum absolute atomic E-state index is 0.0263. The summed E-state index contributed by atoms with van der Waals surface area (Å²) in [5, 5.41) is 0. The van der Waals surface area contributed by atoms with Gasteiger partial charge in [0.05, 0.1) is 0 Å². The Labute approximate surface area is 114 Å². The third kappa shape index (κ3) is 4.09. The number of Topliss-reactive ketones (excluding diaryl/α,β-unsaturated/α-hetero) is 1. The van der Waals surface area contributed by atoms with Crippen molar-refractivity contribution in [1.82, 2.24) is 4.90 Å². The van der Waals surface area contributed by atoms with E-state index >= 15 is 0 Å². The number of rotatable bonds is 6. The number of benzene rings is 1. The van der Waals surface area contributed by atoms with E-state index in [-0.39, 0.29) is 24.5 Å². The maximum Gasteiger partial charge on any atom is 0.223 e. The molecule has 0 aliphatic carbocycles. The maximum absolute atomic E-state index is 12.0. The fourth-order valence-corrected chi connectivity index (χ4v) is 1.91. The van der Waals surface area contributed by atoms with Crippen molar-refractivity contribution in [2.24, 2.45) is 0 Å². The highest BCUT2D eigenvalue weighted by molar-refractivity contribution is 5.98. The zero-order valence-corrected chi connectivity index (χ0v) is 11.9. The van der Waals surface area contributed by atoms with Crippen LogP contribution in [0.3, 0.4) is 0 Å². The van der Waals surface area contributed by atoms with Crippen LogP contribution in [0.1, 0.15) is 42.6 Å². The van der Waals surface area contributed by atoms with Gasteiger partial charge in [-0.1, -0.05) is 12.1 Å². The molecule has 0 unspecified atom stereocenters. The number of nitrogen functional groups attached to an aromatic ring is 1. The molecule has 104 valence electrons. The van der Waals surface area contributed by atoms with Crippen LogP contribution in [-0.2, 0) is 4.79 Å². The lowest BCUT2D eigenvalue weighted by molar-refractivity contribution is -0.130. The summed E-state index contributed by atoms with van der Waals surface area (Å²) in [6, 6.07) is 5.27. The van der Waals surface area contributed by atoms with Gasteiger partial charge in [-0.15, -0.1) is 0 Å². The molecule has 0 heterocycles. The molecule has 4 nitrogen and oxygen atoms in total. The van der Waals surface area contributed by atoms with Crippen LogP contribution in [0.2, 0.25) is 0 Å². The molecule has 1 aromatic rings. The number of amides is 1. The second kappa shape index (κ2) is 6.92. The lowest BCUT2D eigenvalue weighted by Gasteiger charge is -2.18. The summed E-state index contributed by atoms with van der Waals surface area (Å²) in [5.74, 6) is -0.00867. The van der Waals surface area contributed by atoms with Gasteiger partial charge in [0.15, 0.2) is 5.78 Å². The molecule has 0 fully saturated rings. The Morgan fingerprint density at radius 1 is 1.16 bits per heavy atom. The van der Waals surface area contributed by atoms with E-state index in [1.807, 2.05) is 26.8 Å². The molecule has 19 heavy (non-hydrogen) atoms. The summed E-state index contributed by atoms with van der Waals surface area (Å²) in [6.45, 7) is 7.13. The Hall–Kier alpha value is -1.84. The smallest absolute Gasteiger partial charge is 0.223 e. The summed E-state index contributed by atoms with van der Waals surface area (Å²) >= 11 is 0. The molecule has 0 radical (unpaired) electrons. The van der Waals surface area contributed by atoms with Crippen molar-refractivity contribution < 1.29 is 9.59 Å². The average Bonchev–Trinajstić information content (AvgIpc) is 2.40. The van der Waals surface area contributed by atoms with E-state index in [9.17, 15) is 9.59 Å². The molecule has 0 spiro atoms. The Bertz CT molecular complexity index is 465. The van der Waals surface area contributed by atoms with Gasteiger partial charge in [-0.25, -0.2) is 0 Å².